The van der Waals surface area contributed by atoms with Crippen LogP contribution in [0.4, 0.5) is 0 Å². The maximum atomic E-state index is 11.0. The molecule has 0 spiro atoms. The summed E-state index contributed by atoms with van der Waals surface area (Å²) in [4.78, 5) is 11.0. The summed E-state index contributed by atoms with van der Waals surface area (Å²) in [6.45, 7) is 4.23. The fraction of sp³-hybridized carbons (Fsp3) is 0.700. The minimum Gasteiger partial charge on any atom is -0.351 e. The largest absolute Gasteiger partial charge is 0.351 e. The smallest absolute Gasteiger partial charge is 0.243 e. The fourth-order valence-electron chi connectivity index (χ4n) is 1.79. The van der Waals surface area contributed by atoms with E-state index in [1.165, 1.54) is 31.8 Å². The van der Waals surface area contributed by atoms with Gasteiger partial charge in [-0.05, 0) is 25.2 Å². The van der Waals surface area contributed by atoms with E-state index in [1.807, 2.05) is 11.8 Å². The average molecular weight is 199 g/mol. The van der Waals surface area contributed by atoms with Gasteiger partial charge in [0, 0.05) is 11.3 Å². The lowest BCUT2D eigenvalue weighted by Crippen LogP contribution is -2.37. The molecule has 1 rings (SSSR count). The monoisotopic (exact) mass is 199 g/mol. The highest BCUT2D eigenvalue weighted by Gasteiger charge is 2.32. The Kier molecular flexibility index (Phi) is 3.85. The van der Waals surface area contributed by atoms with Gasteiger partial charge in [0.2, 0.25) is 5.91 Å². The van der Waals surface area contributed by atoms with Crippen molar-refractivity contribution in [2.45, 2.75) is 30.4 Å². The van der Waals surface area contributed by atoms with Gasteiger partial charge >= 0.3 is 0 Å². The number of hydrogen-bond donors (Lipinski definition) is 1. The first-order valence-corrected chi connectivity index (χ1v) is 5.90. The van der Waals surface area contributed by atoms with Crippen molar-refractivity contribution in [2.75, 3.05) is 12.8 Å². The first-order chi connectivity index (χ1) is 6.22. The summed E-state index contributed by atoms with van der Waals surface area (Å²) in [5.41, 5.74) is 0. The van der Waals surface area contributed by atoms with Gasteiger partial charge in [0.05, 0.1) is 0 Å². The van der Waals surface area contributed by atoms with Gasteiger partial charge in [-0.25, -0.2) is 0 Å². The van der Waals surface area contributed by atoms with Gasteiger partial charge in [-0.2, -0.15) is 11.8 Å². The van der Waals surface area contributed by atoms with Crippen molar-refractivity contribution in [3.05, 3.63) is 12.7 Å². The van der Waals surface area contributed by atoms with Crippen molar-refractivity contribution >= 4 is 17.7 Å². The highest BCUT2D eigenvalue weighted by Crippen LogP contribution is 2.39. The summed E-state index contributed by atoms with van der Waals surface area (Å²) in [7, 11) is 0. The zero-order chi connectivity index (χ0) is 9.73. The minimum absolute atomic E-state index is 0.0553. The molecule has 0 radical (unpaired) electrons. The third kappa shape index (κ3) is 2.76. The van der Waals surface area contributed by atoms with Gasteiger partial charge in [-0.1, -0.05) is 19.4 Å². The number of nitrogens with one attached hydrogen (secondary N) is 1. The third-order valence-electron chi connectivity index (χ3n) is 2.72. The second-order valence-corrected chi connectivity index (χ2v) is 4.79. The van der Waals surface area contributed by atoms with E-state index in [-0.39, 0.29) is 5.91 Å². The Hall–Kier alpha value is -0.440. The standard InChI is InChI=1S/C10H17NOS/c1-3-9(12)11-8-10(13-2)6-4-5-7-10/h3H,1,4-8H2,2H3,(H,11,12). The molecule has 2 nitrogen and oxygen atoms in total. The fourth-order valence-corrected chi connectivity index (χ4v) is 2.71. The second kappa shape index (κ2) is 4.70. The van der Waals surface area contributed by atoms with E-state index < -0.39 is 0 Å². The van der Waals surface area contributed by atoms with Gasteiger partial charge in [0.25, 0.3) is 0 Å². The molecule has 0 bridgehead atoms. The maximum absolute atomic E-state index is 11.0. The molecular weight excluding hydrogens is 182 g/mol. The molecule has 0 aromatic carbocycles. The topological polar surface area (TPSA) is 29.1 Å². The number of hydrogen-bond acceptors (Lipinski definition) is 2. The van der Waals surface area contributed by atoms with E-state index in [0.29, 0.717) is 4.75 Å². The van der Waals surface area contributed by atoms with Crippen LogP contribution in [0.3, 0.4) is 0 Å². The van der Waals surface area contributed by atoms with E-state index in [0.717, 1.165) is 6.54 Å². The Morgan fingerprint density at radius 1 is 1.62 bits per heavy atom. The lowest BCUT2D eigenvalue weighted by molar-refractivity contribution is -0.116. The van der Waals surface area contributed by atoms with E-state index in [1.54, 1.807) is 0 Å². The van der Waals surface area contributed by atoms with Crippen LogP contribution in [-0.4, -0.2) is 23.5 Å². The molecule has 0 atom stereocenters. The quantitative estimate of drug-likeness (QED) is 0.701. The Bertz CT molecular complexity index is 197. The van der Waals surface area contributed by atoms with Crippen LogP contribution in [0.25, 0.3) is 0 Å². The van der Waals surface area contributed by atoms with Crippen LogP contribution >= 0.6 is 11.8 Å². The molecular formula is C10H17NOS. The van der Waals surface area contributed by atoms with Crippen molar-refractivity contribution < 1.29 is 4.79 Å². The Morgan fingerprint density at radius 2 is 2.23 bits per heavy atom. The number of amides is 1. The lowest BCUT2D eigenvalue weighted by atomic mass is 10.1. The SMILES string of the molecule is C=CC(=O)NCC1(SC)CCCC1. The van der Waals surface area contributed by atoms with E-state index >= 15 is 0 Å². The van der Waals surface area contributed by atoms with Crippen molar-refractivity contribution in [1.82, 2.24) is 5.32 Å². The molecule has 1 N–H and O–H groups in total. The van der Waals surface area contributed by atoms with Crippen molar-refractivity contribution in [1.29, 1.82) is 0 Å². The van der Waals surface area contributed by atoms with Gasteiger partial charge in [-0.15, -0.1) is 0 Å². The van der Waals surface area contributed by atoms with E-state index in [9.17, 15) is 4.79 Å². The number of carbonyl (C=O) groups excluding carboxylic acids is 1. The zero-order valence-corrected chi connectivity index (χ0v) is 8.95. The zero-order valence-electron chi connectivity index (χ0n) is 8.14. The first kappa shape index (κ1) is 10.6. The number of carbonyl (C=O) groups is 1. The van der Waals surface area contributed by atoms with Crippen LogP contribution in [0.2, 0.25) is 0 Å². The van der Waals surface area contributed by atoms with Crippen LogP contribution in [0.5, 0.6) is 0 Å². The molecule has 1 aliphatic carbocycles. The molecule has 0 unspecified atom stereocenters. The summed E-state index contributed by atoms with van der Waals surface area (Å²) in [5.74, 6) is -0.0553. The molecule has 0 heterocycles. The van der Waals surface area contributed by atoms with Crippen LogP contribution < -0.4 is 5.32 Å². The molecule has 74 valence electrons. The summed E-state index contributed by atoms with van der Waals surface area (Å²) in [5, 5.41) is 2.89. The van der Waals surface area contributed by atoms with Crippen molar-refractivity contribution in [3.8, 4) is 0 Å². The maximum Gasteiger partial charge on any atom is 0.243 e. The summed E-state index contributed by atoms with van der Waals surface area (Å²) in [6.07, 6.45) is 8.52. The molecule has 0 saturated heterocycles. The van der Waals surface area contributed by atoms with Crippen LogP contribution in [-0.2, 0) is 4.79 Å². The van der Waals surface area contributed by atoms with E-state index in [4.69, 9.17) is 0 Å². The molecule has 1 aliphatic rings. The minimum atomic E-state index is -0.0553. The Morgan fingerprint density at radius 3 is 2.69 bits per heavy atom. The first-order valence-electron chi connectivity index (χ1n) is 4.68. The van der Waals surface area contributed by atoms with E-state index in [2.05, 4.69) is 18.2 Å². The molecule has 0 aromatic rings. The van der Waals surface area contributed by atoms with Gasteiger partial charge < -0.3 is 5.32 Å². The van der Waals surface area contributed by atoms with Crippen LogP contribution in [0, 0.1) is 0 Å². The van der Waals surface area contributed by atoms with Crippen molar-refractivity contribution in [2.24, 2.45) is 0 Å². The summed E-state index contributed by atoms with van der Waals surface area (Å²) >= 11 is 1.88. The summed E-state index contributed by atoms with van der Waals surface area (Å²) in [6, 6.07) is 0. The summed E-state index contributed by atoms with van der Waals surface area (Å²) < 4.78 is 0.304. The normalized spacial score (nSPS) is 19.8. The Labute approximate surface area is 84.2 Å². The number of rotatable bonds is 4. The van der Waals surface area contributed by atoms with Gasteiger partial charge in [-0.3, -0.25) is 4.79 Å². The predicted octanol–water partition coefficient (Wildman–Crippen LogP) is 1.96. The molecule has 1 amide bonds. The molecule has 0 aliphatic heterocycles. The molecule has 0 aromatic heterocycles. The highest BCUT2D eigenvalue weighted by atomic mass is 32.2. The molecule has 3 heteroatoms. The third-order valence-corrected chi connectivity index (χ3v) is 4.14. The van der Waals surface area contributed by atoms with Gasteiger partial charge in [0.1, 0.15) is 0 Å². The average Bonchev–Trinajstić information content (AvgIpc) is 2.63. The molecule has 1 saturated carbocycles. The number of thioether (sulfide) groups is 1. The van der Waals surface area contributed by atoms with Crippen molar-refractivity contribution in [3.63, 3.8) is 0 Å². The highest BCUT2D eigenvalue weighted by molar-refractivity contribution is 8.00. The molecule has 13 heavy (non-hydrogen) atoms. The second-order valence-electron chi connectivity index (χ2n) is 3.52. The predicted molar refractivity (Wildman–Crippen MR) is 57.9 cm³/mol. The van der Waals surface area contributed by atoms with Gasteiger partial charge in [0.15, 0.2) is 0 Å². The van der Waals surface area contributed by atoms with Crippen LogP contribution in [0.15, 0.2) is 12.7 Å². The Balaban J connectivity index is 2.39. The molecule has 1 fully saturated rings. The van der Waals surface area contributed by atoms with Crippen LogP contribution in [0.1, 0.15) is 25.7 Å². The lowest BCUT2D eigenvalue weighted by Gasteiger charge is -2.26.